The summed E-state index contributed by atoms with van der Waals surface area (Å²) in [6, 6.07) is 6.16. The topological polar surface area (TPSA) is 35.2 Å². The van der Waals surface area contributed by atoms with Gasteiger partial charge in [0.25, 0.3) is 0 Å². The number of halogens is 1. The Morgan fingerprint density at radius 1 is 1.44 bits per heavy atom. The Balaban J connectivity index is 2.11. The van der Waals surface area contributed by atoms with Crippen LogP contribution in [-0.2, 0) is 6.42 Å². The maximum absolute atomic E-state index is 6.11. The molecule has 2 N–H and O–H groups in total. The monoisotopic (exact) mass is 267 g/mol. The molecule has 1 saturated carbocycles. The standard InChI is InChI=1S/C15H22ClNO/c1-4-10-8-11(6-7-12(10)16)18-14-9-13(17)15(14,3)5-2/h6-8,13-14H,4-5,9,17H2,1-3H3. The third kappa shape index (κ3) is 2.24. The summed E-state index contributed by atoms with van der Waals surface area (Å²) in [4.78, 5) is 0. The molecular formula is C15H22ClNO. The van der Waals surface area contributed by atoms with Crippen LogP contribution in [0.3, 0.4) is 0 Å². The average molecular weight is 268 g/mol. The molecule has 0 bridgehead atoms. The molecule has 18 heavy (non-hydrogen) atoms. The molecule has 0 amide bonds. The molecule has 100 valence electrons. The van der Waals surface area contributed by atoms with Crippen LogP contribution < -0.4 is 10.5 Å². The van der Waals surface area contributed by atoms with Gasteiger partial charge in [0, 0.05) is 22.9 Å². The number of benzene rings is 1. The van der Waals surface area contributed by atoms with E-state index in [1.165, 1.54) is 0 Å². The highest BCUT2D eigenvalue weighted by Crippen LogP contribution is 2.45. The fourth-order valence-electron chi connectivity index (χ4n) is 2.58. The first kappa shape index (κ1) is 13.7. The fourth-order valence-corrected chi connectivity index (χ4v) is 2.83. The Hall–Kier alpha value is -0.730. The van der Waals surface area contributed by atoms with E-state index in [0.717, 1.165) is 35.6 Å². The summed E-state index contributed by atoms with van der Waals surface area (Å²) < 4.78 is 6.09. The van der Waals surface area contributed by atoms with Crippen LogP contribution in [0.1, 0.15) is 39.2 Å². The molecule has 3 atom stereocenters. The lowest BCUT2D eigenvalue weighted by Gasteiger charge is -2.51. The molecule has 0 aromatic heterocycles. The quantitative estimate of drug-likeness (QED) is 0.901. The van der Waals surface area contributed by atoms with Crippen LogP contribution >= 0.6 is 11.6 Å². The Kier molecular flexibility index (Phi) is 3.88. The van der Waals surface area contributed by atoms with Gasteiger partial charge in [-0.2, -0.15) is 0 Å². The predicted octanol–water partition coefficient (Wildman–Crippen LogP) is 3.80. The minimum Gasteiger partial charge on any atom is -0.490 e. The van der Waals surface area contributed by atoms with Crippen molar-refractivity contribution in [2.24, 2.45) is 11.1 Å². The molecule has 1 fully saturated rings. The number of nitrogens with two attached hydrogens (primary N) is 1. The number of rotatable bonds is 4. The Morgan fingerprint density at radius 3 is 2.72 bits per heavy atom. The maximum Gasteiger partial charge on any atom is 0.120 e. The van der Waals surface area contributed by atoms with Gasteiger partial charge in [-0.25, -0.2) is 0 Å². The second kappa shape index (κ2) is 5.10. The van der Waals surface area contributed by atoms with Crippen LogP contribution in [-0.4, -0.2) is 12.1 Å². The summed E-state index contributed by atoms with van der Waals surface area (Å²) >= 11 is 6.11. The third-order valence-electron chi connectivity index (χ3n) is 4.49. The number of hydrogen-bond acceptors (Lipinski definition) is 2. The zero-order chi connectivity index (χ0) is 13.3. The lowest BCUT2D eigenvalue weighted by atomic mass is 9.62. The van der Waals surface area contributed by atoms with Gasteiger partial charge in [0.05, 0.1) is 0 Å². The summed E-state index contributed by atoms with van der Waals surface area (Å²) in [6.07, 6.45) is 3.13. The molecule has 0 saturated heterocycles. The van der Waals surface area contributed by atoms with Crippen LogP contribution in [0.5, 0.6) is 5.75 Å². The third-order valence-corrected chi connectivity index (χ3v) is 4.86. The number of aryl methyl sites for hydroxylation is 1. The highest BCUT2D eigenvalue weighted by atomic mass is 35.5. The van der Waals surface area contributed by atoms with Crippen LogP contribution in [0, 0.1) is 5.41 Å². The van der Waals surface area contributed by atoms with Crippen LogP contribution in [0.4, 0.5) is 0 Å². The minimum absolute atomic E-state index is 0.103. The van der Waals surface area contributed by atoms with Gasteiger partial charge in [0.15, 0.2) is 0 Å². The SMILES string of the molecule is CCc1cc(OC2CC(N)C2(C)CC)ccc1Cl. The summed E-state index contributed by atoms with van der Waals surface area (Å²) in [5.41, 5.74) is 7.33. The molecule has 3 unspecified atom stereocenters. The van der Waals surface area contributed by atoms with Crippen LogP contribution in [0.15, 0.2) is 18.2 Å². The molecule has 1 aliphatic rings. The summed E-state index contributed by atoms with van der Waals surface area (Å²) in [5, 5.41) is 0.813. The smallest absolute Gasteiger partial charge is 0.120 e. The second-order valence-electron chi connectivity index (χ2n) is 5.41. The van der Waals surface area contributed by atoms with E-state index in [2.05, 4.69) is 20.8 Å². The van der Waals surface area contributed by atoms with E-state index >= 15 is 0 Å². The van der Waals surface area contributed by atoms with Gasteiger partial charge in [-0.05, 0) is 36.6 Å². The molecule has 0 heterocycles. The van der Waals surface area contributed by atoms with Crippen molar-refractivity contribution in [2.75, 3.05) is 0 Å². The Bertz CT molecular complexity index is 435. The van der Waals surface area contributed by atoms with E-state index in [9.17, 15) is 0 Å². The molecule has 1 aliphatic carbocycles. The Labute approximate surface area is 114 Å². The zero-order valence-corrected chi connectivity index (χ0v) is 12.1. The van der Waals surface area contributed by atoms with Crippen molar-refractivity contribution in [1.82, 2.24) is 0 Å². The summed E-state index contributed by atoms with van der Waals surface area (Å²) in [6.45, 7) is 6.48. The lowest BCUT2D eigenvalue weighted by molar-refractivity contribution is -0.0560. The molecule has 2 rings (SSSR count). The van der Waals surface area contributed by atoms with Crippen LogP contribution in [0.2, 0.25) is 5.02 Å². The molecule has 3 heteroatoms. The molecule has 2 nitrogen and oxygen atoms in total. The van der Waals surface area contributed by atoms with Crippen molar-refractivity contribution in [3.8, 4) is 5.75 Å². The largest absolute Gasteiger partial charge is 0.490 e. The molecule has 0 spiro atoms. The highest BCUT2D eigenvalue weighted by Gasteiger charge is 2.50. The highest BCUT2D eigenvalue weighted by molar-refractivity contribution is 6.31. The van der Waals surface area contributed by atoms with E-state index in [1.807, 2.05) is 18.2 Å². The normalized spacial score (nSPS) is 30.9. The van der Waals surface area contributed by atoms with Gasteiger partial charge in [-0.15, -0.1) is 0 Å². The van der Waals surface area contributed by atoms with Gasteiger partial charge in [-0.3, -0.25) is 0 Å². The maximum atomic E-state index is 6.11. The van der Waals surface area contributed by atoms with Gasteiger partial charge in [0.1, 0.15) is 11.9 Å². The van der Waals surface area contributed by atoms with Gasteiger partial charge < -0.3 is 10.5 Å². The van der Waals surface area contributed by atoms with Crippen molar-refractivity contribution in [3.63, 3.8) is 0 Å². The van der Waals surface area contributed by atoms with E-state index in [1.54, 1.807) is 0 Å². The molecular weight excluding hydrogens is 246 g/mol. The predicted molar refractivity (Wildman–Crippen MR) is 76.2 cm³/mol. The second-order valence-corrected chi connectivity index (χ2v) is 5.82. The summed E-state index contributed by atoms with van der Waals surface area (Å²) in [7, 11) is 0. The number of ether oxygens (including phenoxy) is 1. The fraction of sp³-hybridized carbons (Fsp3) is 0.600. The first-order valence-electron chi connectivity index (χ1n) is 6.72. The van der Waals surface area contributed by atoms with Gasteiger partial charge >= 0.3 is 0 Å². The average Bonchev–Trinajstić information content (AvgIpc) is 2.39. The summed E-state index contributed by atoms with van der Waals surface area (Å²) in [5.74, 6) is 0.910. The zero-order valence-electron chi connectivity index (χ0n) is 11.4. The first-order valence-corrected chi connectivity index (χ1v) is 7.09. The molecule has 0 aliphatic heterocycles. The molecule has 1 aromatic rings. The van der Waals surface area contributed by atoms with E-state index < -0.39 is 0 Å². The van der Waals surface area contributed by atoms with Gasteiger partial charge in [0.2, 0.25) is 0 Å². The van der Waals surface area contributed by atoms with Crippen molar-refractivity contribution >= 4 is 11.6 Å². The van der Waals surface area contributed by atoms with Crippen molar-refractivity contribution in [1.29, 1.82) is 0 Å². The lowest BCUT2D eigenvalue weighted by Crippen LogP contribution is -2.61. The van der Waals surface area contributed by atoms with Crippen molar-refractivity contribution in [2.45, 2.75) is 52.2 Å². The molecule has 0 radical (unpaired) electrons. The number of hydrogen-bond donors (Lipinski definition) is 1. The Morgan fingerprint density at radius 2 is 2.17 bits per heavy atom. The van der Waals surface area contributed by atoms with E-state index in [0.29, 0.717) is 0 Å². The van der Waals surface area contributed by atoms with E-state index in [4.69, 9.17) is 22.1 Å². The van der Waals surface area contributed by atoms with Crippen LogP contribution in [0.25, 0.3) is 0 Å². The first-order chi connectivity index (χ1) is 8.51. The van der Waals surface area contributed by atoms with Crippen molar-refractivity contribution in [3.05, 3.63) is 28.8 Å². The van der Waals surface area contributed by atoms with E-state index in [-0.39, 0.29) is 17.6 Å². The van der Waals surface area contributed by atoms with Gasteiger partial charge in [-0.1, -0.05) is 32.4 Å². The van der Waals surface area contributed by atoms with Crippen molar-refractivity contribution < 1.29 is 4.74 Å². The molecule has 1 aromatic carbocycles. The minimum atomic E-state index is 0.103.